The summed E-state index contributed by atoms with van der Waals surface area (Å²) >= 11 is 0. The monoisotopic (exact) mass is 1200 g/mol. The van der Waals surface area contributed by atoms with Crippen LogP contribution >= 0.6 is 0 Å². The molecule has 6 aromatic rings. The molecule has 0 spiro atoms. The molecule has 0 fully saturated rings. The van der Waals surface area contributed by atoms with E-state index in [1.165, 1.54) is 18.2 Å². The molecule has 0 atom stereocenters. The van der Waals surface area contributed by atoms with E-state index < -0.39 is 33.3 Å². The van der Waals surface area contributed by atoms with Crippen molar-refractivity contribution in [3.63, 3.8) is 0 Å². The van der Waals surface area contributed by atoms with Gasteiger partial charge in [-0.25, -0.2) is 0 Å². The average Bonchev–Trinajstić information content (AvgIpc) is 3.48. The van der Waals surface area contributed by atoms with E-state index in [4.69, 9.17) is 27.2 Å². The van der Waals surface area contributed by atoms with Gasteiger partial charge in [-0.05, 0) is 233 Å². The van der Waals surface area contributed by atoms with Gasteiger partial charge in [-0.1, -0.05) is 84.9 Å². The number of hydrogen-bond donors (Lipinski definition) is 4. The Hall–Kier alpha value is -5.83. The fraction of sp³-hybridized carbons (Fsp3) is 0.433. The lowest BCUT2D eigenvalue weighted by Crippen LogP contribution is -2.44. The van der Waals surface area contributed by atoms with Crippen LogP contribution in [0, 0.1) is 6.92 Å². The first-order valence-electron chi connectivity index (χ1n) is 29.3. The number of carbonyl (C=O) groups excluding carboxylic acids is 2. The average molecular weight is 1200 g/mol. The van der Waals surface area contributed by atoms with Crippen LogP contribution in [0.2, 0.25) is 76.6 Å². The van der Waals surface area contributed by atoms with E-state index in [9.17, 15) is 30.0 Å². The van der Waals surface area contributed by atoms with Crippen molar-refractivity contribution in [2.24, 2.45) is 0 Å². The Morgan fingerprint density at radius 1 is 0.410 bits per heavy atom. The molecule has 4 N–H and O–H groups in total. The number of aromatic hydroxyl groups is 2. The van der Waals surface area contributed by atoms with Gasteiger partial charge in [0, 0.05) is 5.56 Å². The SMILES string of the molecule is COC(=O)Cc1ccc(Cc2ccc(CC(=O)Oc3ccc(CCC[Si](C)(C)O[Si](C)(C)CCCc4ccc(O)c(CO)c4)cc3OC)cc2)cc1.COc1cc(CCC[Si](C)(C)O[Si](C)(C)CCCc2ccc(C)c(CO)c2)ccc1O. The molecule has 450 valence electrons. The normalized spacial score (nSPS) is 11.9. The van der Waals surface area contributed by atoms with Crippen molar-refractivity contribution in [1.82, 2.24) is 0 Å². The maximum absolute atomic E-state index is 12.9. The Balaban J connectivity index is 0.000000346. The van der Waals surface area contributed by atoms with E-state index in [1.807, 2.05) is 97.9 Å². The molecular weight excluding hydrogens is 1110 g/mol. The Bertz CT molecular complexity index is 2920. The van der Waals surface area contributed by atoms with Crippen LogP contribution in [0.3, 0.4) is 0 Å². The van der Waals surface area contributed by atoms with Gasteiger partial charge in [-0.3, -0.25) is 9.59 Å². The van der Waals surface area contributed by atoms with Crippen LogP contribution < -0.4 is 14.2 Å². The minimum Gasteiger partial charge on any atom is -0.508 e. The standard InChI is InChI=1S/C42H54O8Si2.C25H40O4Si2/c1-47-40-27-32(10-8-24-52(5,6)50-51(3,4)23-7-9-31-19-21-38(44)37(26-31)30-43)20-22-39(40)49-42(46)29-36-17-13-34(14-18-36)25-33-11-15-35(16-12-33)28-41(45)48-2;1-20-11-12-21(17-23(20)19-26)9-7-15-30(3,4)29-31(5,6)16-8-10-22-13-14-24(27)25(18-22)28-2/h11-22,26-27,43-44H,7-10,23-25,28-30H2,1-6H3;11-14,17-18,26-27H,7-10,15-16,19H2,1-6H3. The summed E-state index contributed by atoms with van der Waals surface area (Å²) in [7, 11) is -2.64. The minimum absolute atomic E-state index is 0.111. The molecule has 0 saturated heterocycles. The molecule has 12 nitrogen and oxygen atoms in total. The zero-order valence-corrected chi connectivity index (χ0v) is 55.6. The molecule has 0 unspecified atom stereocenters. The quantitative estimate of drug-likeness (QED) is 0.0185. The number of aliphatic hydroxyl groups excluding tert-OH is 2. The molecule has 0 radical (unpaired) electrons. The predicted octanol–water partition coefficient (Wildman–Crippen LogP) is 14.5. The lowest BCUT2D eigenvalue weighted by atomic mass is 10.0. The van der Waals surface area contributed by atoms with Gasteiger partial charge in [0.1, 0.15) is 5.75 Å². The summed E-state index contributed by atoms with van der Waals surface area (Å²) in [5.41, 5.74) is 11.5. The second kappa shape index (κ2) is 32.4. The molecule has 0 aromatic heterocycles. The van der Waals surface area contributed by atoms with E-state index in [2.05, 4.69) is 70.6 Å². The highest BCUT2D eigenvalue weighted by Gasteiger charge is 2.34. The van der Waals surface area contributed by atoms with Crippen molar-refractivity contribution in [3.8, 4) is 28.7 Å². The number of aliphatic hydroxyl groups is 2. The van der Waals surface area contributed by atoms with Crippen molar-refractivity contribution in [1.29, 1.82) is 0 Å². The summed E-state index contributed by atoms with van der Waals surface area (Å²) in [5.74, 6) is 1.21. The largest absolute Gasteiger partial charge is 0.508 e. The third-order valence-corrected chi connectivity index (χ3v) is 30.1. The van der Waals surface area contributed by atoms with E-state index in [0.717, 1.165) is 126 Å². The van der Waals surface area contributed by atoms with Gasteiger partial charge >= 0.3 is 11.9 Å². The molecule has 0 bridgehead atoms. The second-order valence-electron chi connectivity index (χ2n) is 24.4. The maximum atomic E-state index is 12.9. The lowest BCUT2D eigenvalue weighted by Gasteiger charge is -2.34. The number of aryl methyl sites for hydroxylation is 5. The molecule has 83 heavy (non-hydrogen) atoms. The van der Waals surface area contributed by atoms with Gasteiger partial charge in [-0.2, -0.15) is 0 Å². The summed E-state index contributed by atoms with van der Waals surface area (Å²) in [5, 5.41) is 38.5. The van der Waals surface area contributed by atoms with Crippen LogP contribution in [0.1, 0.15) is 86.9 Å². The van der Waals surface area contributed by atoms with Gasteiger partial charge in [0.15, 0.2) is 56.3 Å². The van der Waals surface area contributed by atoms with E-state index in [-0.39, 0.29) is 49.5 Å². The summed E-state index contributed by atoms with van der Waals surface area (Å²) in [6.45, 7) is 20.6. The van der Waals surface area contributed by atoms with Crippen molar-refractivity contribution in [3.05, 3.63) is 183 Å². The molecule has 0 saturated carbocycles. The predicted molar refractivity (Wildman–Crippen MR) is 344 cm³/mol. The highest BCUT2D eigenvalue weighted by atomic mass is 28.4. The number of methoxy groups -OCH3 is 3. The summed E-state index contributed by atoms with van der Waals surface area (Å²) < 4.78 is 35.0. The number of esters is 2. The molecule has 6 aromatic carbocycles. The van der Waals surface area contributed by atoms with E-state index in [0.29, 0.717) is 22.8 Å². The fourth-order valence-corrected chi connectivity index (χ4v) is 28.4. The third-order valence-electron chi connectivity index (χ3n) is 15.1. The number of phenolic OH excluding ortho intramolecular Hbond substituents is 1. The molecule has 6 rings (SSSR count). The molecule has 0 aliphatic heterocycles. The first-order chi connectivity index (χ1) is 39.3. The first kappa shape index (κ1) is 68.0. The molecule has 0 heterocycles. The number of carbonyl (C=O) groups is 2. The molecule has 0 aliphatic carbocycles. The van der Waals surface area contributed by atoms with Crippen LogP contribution in [0.5, 0.6) is 28.7 Å². The maximum Gasteiger partial charge on any atom is 0.315 e. The lowest BCUT2D eigenvalue weighted by molar-refractivity contribution is -0.139. The number of ether oxygens (including phenoxy) is 4. The van der Waals surface area contributed by atoms with Gasteiger partial charge < -0.3 is 47.6 Å². The zero-order chi connectivity index (χ0) is 60.8. The van der Waals surface area contributed by atoms with Gasteiger partial charge in [0.05, 0.1) is 47.4 Å². The number of rotatable bonds is 31. The second-order valence-corrected chi connectivity index (χ2v) is 42.1. The van der Waals surface area contributed by atoms with Crippen LogP contribution in [0.25, 0.3) is 0 Å². The highest BCUT2D eigenvalue weighted by molar-refractivity contribution is 6.85. The number of hydrogen-bond acceptors (Lipinski definition) is 12. The molecule has 0 aliphatic rings. The minimum atomic E-state index is -1.89. The number of phenols is 2. The molecule has 0 amide bonds. The van der Waals surface area contributed by atoms with Crippen LogP contribution in [0.4, 0.5) is 0 Å². The van der Waals surface area contributed by atoms with Crippen LogP contribution in [0.15, 0.2) is 121 Å². The van der Waals surface area contributed by atoms with Gasteiger partial charge in [0.2, 0.25) is 0 Å². The Morgan fingerprint density at radius 3 is 1.20 bits per heavy atom. The third kappa shape index (κ3) is 24.0. The van der Waals surface area contributed by atoms with Crippen LogP contribution in [-0.4, -0.2) is 87.0 Å². The van der Waals surface area contributed by atoms with Crippen LogP contribution in [-0.2, 0) is 80.7 Å². The van der Waals surface area contributed by atoms with Crippen molar-refractivity contribution >= 4 is 45.2 Å². The Labute approximate surface area is 499 Å². The van der Waals surface area contributed by atoms with E-state index in [1.54, 1.807) is 26.4 Å². The van der Waals surface area contributed by atoms with Gasteiger partial charge in [-0.15, -0.1) is 0 Å². The summed E-state index contributed by atoms with van der Waals surface area (Å²) in [6.07, 6.45) is 9.17. The Morgan fingerprint density at radius 2 is 0.771 bits per heavy atom. The highest BCUT2D eigenvalue weighted by Crippen LogP contribution is 2.33. The Kier molecular flexibility index (Phi) is 26.6. The van der Waals surface area contributed by atoms with Crippen molar-refractivity contribution in [2.75, 3.05) is 21.3 Å². The molecule has 16 heteroatoms. The summed E-state index contributed by atoms with van der Waals surface area (Å²) in [4.78, 5) is 24.4. The fourth-order valence-electron chi connectivity index (χ4n) is 10.7. The molecular formula is C67H94O12Si4. The smallest absolute Gasteiger partial charge is 0.315 e. The van der Waals surface area contributed by atoms with E-state index >= 15 is 0 Å². The first-order valence-corrected chi connectivity index (χ1v) is 41.8. The number of benzene rings is 6. The summed E-state index contributed by atoms with van der Waals surface area (Å²) in [6, 6.07) is 43.5. The van der Waals surface area contributed by atoms with Crippen molar-refractivity contribution < 1.29 is 57.2 Å². The topological polar surface area (TPSA) is 170 Å². The zero-order valence-electron chi connectivity index (χ0n) is 51.6. The van der Waals surface area contributed by atoms with Crippen molar-refractivity contribution in [2.45, 2.75) is 167 Å². The van der Waals surface area contributed by atoms with Gasteiger partial charge in [0.25, 0.3) is 0 Å².